The number of hydrogen-bond acceptors (Lipinski definition) is 3. The van der Waals surface area contributed by atoms with Crippen LogP contribution in [-0.4, -0.2) is 9.97 Å². The molecule has 0 bridgehead atoms. The van der Waals surface area contributed by atoms with E-state index in [0.717, 1.165) is 17.8 Å². The van der Waals surface area contributed by atoms with E-state index in [2.05, 4.69) is 15.3 Å². The van der Waals surface area contributed by atoms with Crippen molar-refractivity contribution in [2.75, 3.05) is 5.32 Å². The molecule has 0 atom stereocenters. The lowest BCUT2D eigenvalue weighted by atomic mass is 10.1. The molecular weight excluding hydrogens is 339 g/mol. The number of rotatable bonds is 3. The SMILES string of the molecule is FC(F)(F)c1cccc(-c2nc(Cl)cc(Nc3ccccc3)n2)c1. The molecule has 24 heavy (non-hydrogen) atoms. The number of para-hydroxylation sites is 1. The van der Waals surface area contributed by atoms with Gasteiger partial charge in [-0.05, 0) is 24.3 Å². The summed E-state index contributed by atoms with van der Waals surface area (Å²) in [6.07, 6.45) is -4.43. The molecule has 3 aromatic rings. The average molecular weight is 350 g/mol. The van der Waals surface area contributed by atoms with Crippen molar-refractivity contribution in [3.63, 3.8) is 0 Å². The maximum atomic E-state index is 12.9. The highest BCUT2D eigenvalue weighted by Crippen LogP contribution is 2.32. The molecule has 0 saturated heterocycles. The molecule has 0 radical (unpaired) electrons. The molecule has 0 fully saturated rings. The number of halogens is 4. The van der Waals surface area contributed by atoms with E-state index in [4.69, 9.17) is 11.6 Å². The normalized spacial score (nSPS) is 11.3. The zero-order valence-corrected chi connectivity index (χ0v) is 12.9. The molecule has 3 nitrogen and oxygen atoms in total. The van der Waals surface area contributed by atoms with Gasteiger partial charge in [0.15, 0.2) is 5.82 Å². The van der Waals surface area contributed by atoms with E-state index in [1.165, 1.54) is 18.2 Å². The topological polar surface area (TPSA) is 37.8 Å². The molecule has 3 rings (SSSR count). The van der Waals surface area contributed by atoms with Crippen LogP contribution in [0.2, 0.25) is 5.15 Å². The van der Waals surface area contributed by atoms with E-state index in [1.807, 2.05) is 30.3 Å². The Morgan fingerprint density at radius 3 is 2.33 bits per heavy atom. The fourth-order valence-corrected chi connectivity index (χ4v) is 2.30. The second-order valence-electron chi connectivity index (χ2n) is 4.97. The average Bonchev–Trinajstić information content (AvgIpc) is 2.54. The van der Waals surface area contributed by atoms with Crippen LogP contribution in [0.4, 0.5) is 24.7 Å². The van der Waals surface area contributed by atoms with Crippen LogP contribution in [0.1, 0.15) is 5.56 Å². The van der Waals surface area contributed by atoms with E-state index >= 15 is 0 Å². The van der Waals surface area contributed by atoms with Gasteiger partial charge in [-0.2, -0.15) is 13.2 Å². The third-order valence-corrected chi connectivity index (χ3v) is 3.38. The maximum Gasteiger partial charge on any atom is 0.416 e. The quantitative estimate of drug-likeness (QED) is 0.629. The van der Waals surface area contributed by atoms with E-state index in [-0.39, 0.29) is 16.5 Å². The van der Waals surface area contributed by atoms with Gasteiger partial charge in [0.1, 0.15) is 11.0 Å². The summed E-state index contributed by atoms with van der Waals surface area (Å²) in [6.45, 7) is 0. The molecular formula is C17H11ClF3N3. The lowest BCUT2D eigenvalue weighted by molar-refractivity contribution is -0.137. The summed E-state index contributed by atoms with van der Waals surface area (Å²) in [5, 5.41) is 3.18. The van der Waals surface area contributed by atoms with Gasteiger partial charge < -0.3 is 5.32 Å². The van der Waals surface area contributed by atoms with Crippen molar-refractivity contribution in [2.24, 2.45) is 0 Å². The van der Waals surface area contributed by atoms with Crippen LogP contribution in [0, 0.1) is 0 Å². The number of hydrogen-bond donors (Lipinski definition) is 1. The zero-order valence-electron chi connectivity index (χ0n) is 12.2. The molecule has 1 aromatic heterocycles. The Morgan fingerprint density at radius 1 is 0.875 bits per heavy atom. The summed E-state index contributed by atoms with van der Waals surface area (Å²) < 4.78 is 38.6. The fourth-order valence-electron chi connectivity index (χ4n) is 2.11. The highest BCUT2D eigenvalue weighted by atomic mass is 35.5. The smallest absolute Gasteiger partial charge is 0.340 e. The van der Waals surface area contributed by atoms with Gasteiger partial charge in [-0.1, -0.05) is 41.9 Å². The second-order valence-corrected chi connectivity index (χ2v) is 5.36. The van der Waals surface area contributed by atoms with Crippen LogP contribution in [0.5, 0.6) is 0 Å². The lowest BCUT2D eigenvalue weighted by Gasteiger charge is -2.10. The summed E-state index contributed by atoms with van der Waals surface area (Å²) >= 11 is 5.98. The predicted octanol–water partition coefficient (Wildman–Crippen LogP) is 5.56. The molecule has 1 N–H and O–H groups in total. The van der Waals surface area contributed by atoms with Gasteiger partial charge in [-0.25, -0.2) is 9.97 Å². The van der Waals surface area contributed by atoms with Crippen molar-refractivity contribution in [1.82, 2.24) is 9.97 Å². The Balaban J connectivity index is 1.97. The largest absolute Gasteiger partial charge is 0.416 e. The summed E-state index contributed by atoms with van der Waals surface area (Å²) in [6, 6.07) is 15.5. The number of anilines is 2. The Labute approximate surface area is 141 Å². The number of nitrogens with one attached hydrogen (secondary N) is 1. The van der Waals surface area contributed by atoms with Gasteiger partial charge in [0.05, 0.1) is 5.56 Å². The Morgan fingerprint density at radius 2 is 1.62 bits per heavy atom. The first-order chi connectivity index (χ1) is 11.4. The molecule has 0 saturated carbocycles. The first-order valence-electron chi connectivity index (χ1n) is 6.96. The molecule has 0 aliphatic rings. The molecule has 2 aromatic carbocycles. The number of alkyl halides is 3. The molecule has 0 amide bonds. The van der Waals surface area contributed by atoms with E-state index in [1.54, 1.807) is 0 Å². The molecule has 1 heterocycles. The van der Waals surface area contributed by atoms with Gasteiger partial charge >= 0.3 is 6.18 Å². The molecule has 0 unspecified atom stereocenters. The maximum absolute atomic E-state index is 12.9. The number of aromatic nitrogens is 2. The van der Waals surface area contributed by atoms with Gasteiger partial charge in [0.2, 0.25) is 0 Å². The minimum atomic E-state index is -4.43. The van der Waals surface area contributed by atoms with Crippen LogP contribution < -0.4 is 5.32 Å². The van der Waals surface area contributed by atoms with Crippen LogP contribution in [0.15, 0.2) is 60.7 Å². The fraction of sp³-hybridized carbons (Fsp3) is 0.0588. The van der Waals surface area contributed by atoms with E-state index < -0.39 is 11.7 Å². The van der Waals surface area contributed by atoms with Gasteiger partial charge in [-0.3, -0.25) is 0 Å². The minimum Gasteiger partial charge on any atom is -0.340 e. The molecule has 122 valence electrons. The molecule has 0 aliphatic carbocycles. The Hall–Kier alpha value is -2.60. The molecule has 0 spiro atoms. The second kappa shape index (κ2) is 6.49. The summed E-state index contributed by atoms with van der Waals surface area (Å²) in [7, 11) is 0. The van der Waals surface area contributed by atoms with Gasteiger partial charge in [0.25, 0.3) is 0 Å². The Kier molecular flexibility index (Phi) is 4.40. The van der Waals surface area contributed by atoms with Gasteiger partial charge in [0, 0.05) is 17.3 Å². The highest BCUT2D eigenvalue weighted by molar-refractivity contribution is 6.29. The van der Waals surface area contributed by atoms with Crippen LogP contribution >= 0.6 is 11.6 Å². The lowest BCUT2D eigenvalue weighted by Crippen LogP contribution is -2.05. The predicted molar refractivity (Wildman–Crippen MR) is 87.2 cm³/mol. The van der Waals surface area contributed by atoms with Crippen molar-refractivity contribution in [2.45, 2.75) is 6.18 Å². The third-order valence-electron chi connectivity index (χ3n) is 3.19. The van der Waals surface area contributed by atoms with Crippen molar-refractivity contribution < 1.29 is 13.2 Å². The summed E-state index contributed by atoms with van der Waals surface area (Å²) in [5.74, 6) is 0.514. The van der Waals surface area contributed by atoms with Crippen LogP contribution in [-0.2, 0) is 6.18 Å². The van der Waals surface area contributed by atoms with Gasteiger partial charge in [-0.15, -0.1) is 0 Å². The van der Waals surface area contributed by atoms with E-state index in [0.29, 0.717) is 5.82 Å². The first-order valence-corrected chi connectivity index (χ1v) is 7.34. The van der Waals surface area contributed by atoms with Crippen LogP contribution in [0.25, 0.3) is 11.4 Å². The highest BCUT2D eigenvalue weighted by Gasteiger charge is 2.30. The number of nitrogens with zero attached hydrogens (tertiary/aromatic N) is 2. The Bertz CT molecular complexity index is 851. The number of benzene rings is 2. The van der Waals surface area contributed by atoms with Crippen molar-refractivity contribution >= 4 is 23.1 Å². The van der Waals surface area contributed by atoms with Crippen molar-refractivity contribution in [3.8, 4) is 11.4 Å². The monoisotopic (exact) mass is 349 g/mol. The molecule has 7 heteroatoms. The minimum absolute atomic E-state index is 0.118. The first kappa shape index (κ1) is 16.3. The summed E-state index contributed by atoms with van der Waals surface area (Å²) in [4.78, 5) is 8.26. The van der Waals surface area contributed by atoms with E-state index in [9.17, 15) is 13.2 Å². The van der Waals surface area contributed by atoms with Crippen molar-refractivity contribution in [3.05, 3.63) is 71.4 Å². The third kappa shape index (κ3) is 3.83. The summed E-state index contributed by atoms with van der Waals surface area (Å²) in [5.41, 5.74) is 0.256. The van der Waals surface area contributed by atoms with Crippen LogP contribution in [0.3, 0.4) is 0 Å². The van der Waals surface area contributed by atoms with Crippen molar-refractivity contribution in [1.29, 1.82) is 0 Å². The standard InChI is InChI=1S/C17H11ClF3N3/c18-14-10-15(22-13-7-2-1-3-8-13)24-16(23-14)11-5-4-6-12(9-11)17(19,20)21/h1-10H,(H,22,23,24). The zero-order chi connectivity index (χ0) is 17.2. The molecule has 0 aliphatic heterocycles.